The molecule has 0 aliphatic heterocycles. The van der Waals surface area contributed by atoms with Gasteiger partial charge in [-0.05, 0) is 25.3 Å². The van der Waals surface area contributed by atoms with Crippen molar-refractivity contribution in [3.05, 3.63) is 10.4 Å². The van der Waals surface area contributed by atoms with Crippen LogP contribution in [0.4, 0.5) is 0 Å². The fourth-order valence-electron chi connectivity index (χ4n) is 1.18. The van der Waals surface area contributed by atoms with Crippen molar-refractivity contribution in [1.82, 2.24) is 0 Å². The molecule has 7 nitrogen and oxygen atoms in total. The van der Waals surface area contributed by atoms with Gasteiger partial charge in [-0.1, -0.05) is 5.11 Å². The summed E-state index contributed by atoms with van der Waals surface area (Å²) < 4.78 is 4.65. The Hall–Kier alpha value is -1.30. The highest BCUT2D eigenvalue weighted by atomic mass is 16.5. The van der Waals surface area contributed by atoms with Crippen molar-refractivity contribution in [3.8, 4) is 0 Å². The molecule has 0 aromatic heterocycles. The number of ether oxygens (including phenoxy) is 1. The van der Waals surface area contributed by atoms with Crippen molar-refractivity contribution in [2.24, 2.45) is 5.11 Å². The fraction of sp³-hybridized carbons (Fsp3) is 0.889. The first-order valence-corrected chi connectivity index (χ1v) is 5.12. The van der Waals surface area contributed by atoms with E-state index < -0.39 is 18.2 Å². The summed E-state index contributed by atoms with van der Waals surface area (Å²) in [5.41, 5.74) is 8.01. The standard InChI is InChI=1S/C9H17N3O4/c1-2-16-9(15)6-8(14)5-7(13)3-4-11-12-10/h7-8,13-14H,2-6H2,1H3/t7-,8-/m0/s1. The predicted molar refractivity (Wildman–Crippen MR) is 56.5 cm³/mol. The Morgan fingerprint density at radius 2 is 2.19 bits per heavy atom. The molecule has 92 valence electrons. The number of rotatable bonds is 8. The number of azide groups is 1. The Morgan fingerprint density at radius 3 is 2.75 bits per heavy atom. The van der Waals surface area contributed by atoms with Crippen LogP contribution in [0.25, 0.3) is 10.4 Å². The van der Waals surface area contributed by atoms with Crippen molar-refractivity contribution < 1.29 is 19.7 Å². The van der Waals surface area contributed by atoms with Crippen LogP contribution in [0.1, 0.15) is 26.2 Å². The van der Waals surface area contributed by atoms with Crippen molar-refractivity contribution in [1.29, 1.82) is 0 Å². The highest BCUT2D eigenvalue weighted by molar-refractivity contribution is 5.69. The van der Waals surface area contributed by atoms with Gasteiger partial charge in [-0.15, -0.1) is 0 Å². The Bertz CT molecular complexity index is 253. The van der Waals surface area contributed by atoms with Gasteiger partial charge < -0.3 is 14.9 Å². The van der Waals surface area contributed by atoms with Crippen LogP contribution >= 0.6 is 0 Å². The third-order valence-electron chi connectivity index (χ3n) is 1.88. The van der Waals surface area contributed by atoms with Crippen LogP contribution in [0.2, 0.25) is 0 Å². The summed E-state index contributed by atoms with van der Waals surface area (Å²) in [5, 5.41) is 22.1. The summed E-state index contributed by atoms with van der Waals surface area (Å²) in [5.74, 6) is -0.489. The number of aliphatic hydroxyl groups is 2. The molecule has 7 heteroatoms. The smallest absolute Gasteiger partial charge is 0.308 e. The number of hydrogen-bond donors (Lipinski definition) is 2. The topological polar surface area (TPSA) is 116 Å². The Balaban J connectivity index is 3.72. The molecule has 0 fully saturated rings. The van der Waals surface area contributed by atoms with Gasteiger partial charge in [-0.25, -0.2) is 0 Å². The molecule has 0 aromatic carbocycles. The number of esters is 1. The summed E-state index contributed by atoms with van der Waals surface area (Å²) in [6, 6.07) is 0. The molecule has 0 amide bonds. The van der Waals surface area contributed by atoms with E-state index in [-0.39, 0.29) is 32.4 Å². The zero-order valence-electron chi connectivity index (χ0n) is 9.24. The highest BCUT2D eigenvalue weighted by Gasteiger charge is 2.15. The molecule has 0 heterocycles. The first kappa shape index (κ1) is 14.7. The third kappa shape index (κ3) is 8.05. The molecule has 16 heavy (non-hydrogen) atoms. The maximum absolute atomic E-state index is 11.0. The summed E-state index contributed by atoms with van der Waals surface area (Å²) in [6.07, 6.45) is -1.51. The molecule has 0 radical (unpaired) electrons. The first-order chi connectivity index (χ1) is 7.60. The van der Waals surface area contributed by atoms with Crippen molar-refractivity contribution in [2.45, 2.75) is 38.4 Å². The Labute approximate surface area is 93.7 Å². The minimum absolute atomic E-state index is 0.0692. The lowest BCUT2D eigenvalue weighted by molar-refractivity contribution is -0.145. The van der Waals surface area contributed by atoms with Crippen LogP contribution < -0.4 is 0 Å². The predicted octanol–water partition coefficient (Wildman–Crippen LogP) is 0.752. The molecule has 0 aliphatic carbocycles. The van der Waals surface area contributed by atoms with Crippen LogP contribution in [0.5, 0.6) is 0 Å². The van der Waals surface area contributed by atoms with Crippen LogP contribution in [0.3, 0.4) is 0 Å². The van der Waals surface area contributed by atoms with Gasteiger partial charge in [-0.2, -0.15) is 0 Å². The molecule has 0 spiro atoms. The highest BCUT2D eigenvalue weighted by Crippen LogP contribution is 2.07. The zero-order valence-corrected chi connectivity index (χ0v) is 9.24. The second-order valence-electron chi connectivity index (χ2n) is 3.30. The number of carbonyl (C=O) groups excluding carboxylic acids is 1. The minimum Gasteiger partial charge on any atom is -0.466 e. The van der Waals surface area contributed by atoms with E-state index in [1.54, 1.807) is 6.92 Å². The quantitative estimate of drug-likeness (QED) is 0.277. The first-order valence-electron chi connectivity index (χ1n) is 5.12. The number of hydrogen-bond acceptors (Lipinski definition) is 5. The average molecular weight is 231 g/mol. The van der Waals surface area contributed by atoms with E-state index in [2.05, 4.69) is 14.8 Å². The molecule has 0 aromatic rings. The van der Waals surface area contributed by atoms with E-state index in [9.17, 15) is 15.0 Å². The molecular weight excluding hydrogens is 214 g/mol. The van der Waals surface area contributed by atoms with E-state index >= 15 is 0 Å². The van der Waals surface area contributed by atoms with E-state index in [0.29, 0.717) is 0 Å². The summed E-state index contributed by atoms with van der Waals surface area (Å²) >= 11 is 0. The Kier molecular flexibility index (Phi) is 8.24. The molecule has 2 atom stereocenters. The van der Waals surface area contributed by atoms with E-state index in [4.69, 9.17) is 5.53 Å². The number of aliphatic hydroxyl groups excluding tert-OH is 2. The van der Waals surface area contributed by atoms with Crippen molar-refractivity contribution in [3.63, 3.8) is 0 Å². The van der Waals surface area contributed by atoms with Gasteiger partial charge in [0.05, 0.1) is 25.2 Å². The Morgan fingerprint density at radius 1 is 1.50 bits per heavy atom. The molecule has 0 rings (SSSR count). The van der Waals surface area contributed by atoms with E-state index in [1.807, 2.05) is 0 Å². The maximum Gasteiger partial charge on any atom is 0.308 e. The van der Waals surface area contributed by atoms with Crippen LogP contribution in [-0.2, 0) is 9.53 Å². The van der Waals surface area contributed by atoms with E-state index in [0.717, 1.165) is 0 Å². The summed E-state index contributed by atoms with van der Waals surface area (Å²) in [7, 11) is 0. The average Bonchev–Trinajstić information content (AvgIpc) is 2.17. The lowest BCUT2D eigenvalue weighted by atomic mass is 10.1. The monoisotopic (exact) mass is 231 g/mol. The second-order valence-corrected chi connectivity index (χ2v) is 3.30. The SMILES string of the molecule is CCOC(=O)C[C@@H](O)C[C@@H](O)CCN=[N+]=[N-]. The molecule has 0 bridgehead atoms. The summed E-state index contributed by atoms with van der Waals surface area (Å²) in [4.78, 5) is 13.5. The van der Waals surface area contributed by atoms with Crippen LogP contribution in [-0.4, -0.2) is 41.5 Å². The zero-order chi connectivity index (χ0) is 12.4. The lowest BCUT2D eigenvalue weighted by Gasteiger charge is -2.13. The van der Waals surface area contributed by atoms with Gasteiger partial charge in [0.25, 0.3) is 0 Å². The third-order valence-corrected chi connectivity index (χ3v) is 1.88. The molecule has 0 aliphatic rings. The number of nitrogens with zero attached hydrogens (tertiary/aromatic N) is 3. The molecule has 0 saturated carbocycles. The van der Waals surface area contributed by atoms with Crippen molar-refractivity contribution >= 4 is 5.97 Å². The van der Waals surface area contributed by atoms with Gasteiger partial charge in [0, 0.05) is 11.5 Å². The molecule has 0 unspecified atom stereocenters. The van der Waals surface area contributed by atoms with Gasteiger partial charge in [0.2, 0.25) is 0 Å². The van der Waals surface area contributed by atoms with Crippen LogP contribution in [0, 0.1) is 0 Å². The lowest BCUT2D eigenvalue weighted by Crippen LogP contribution is -2.22. The largest absolute Gasteiger partial charge is 0.466 e. The maximum atomic E-state index is 11.0. The van der Waals surface area contributed by atoms with Gasteiger partial charge in [-0.3, -0.25) is 4.79 Å². The normalized spacial score (nSPS) is 13.7. The van der Waals surface area contributed by atoms with Gasteiger partial charge in [0.15, 0.2) is 0 Å². The van der Waals surface area contributed by atoms with Gasteiger partial charge in [0.1, 0.15) is 0 Å². The van der Waals surface area contributed by atoms with E-state index in [1.165, 1.54) is 0 Å². The fourth-order valence-corrected chi connectivity index (χ4v) is 1.18. The minimum atomic E-state index is -0.930. The molecule has 2 N–H and O–H groups in total. The molecule has 0 saturated heterocycles. The van der Waals surface area contributed by atoms with Crippen LogP contribution in [0.15, 0.2) is 5.11 Å². The summed E-state index contributed by atoms with van der Waals surface area (Å²) in [6.45, 7) is 2.12. The second kappa shape index (κ2) is 8.96. The number of carbonyl (C=O) groups is 1. The van der Waals surface area contributed by atoms with Gasteiger partial charge >= 0.3 is 5.97 Å². The molecular formula is C9H17N3O4. The van der Waals surface area contributed by atoms with Crippen molar-refractivity contribution in [2.75, 3.05) is 13.2 Å².